The first-order chi connectivity index (χ1) is 16.4. The van der Waals surface area contributed by atoms with Gasteiger partial charge in [-0.3, -0.25) is 4.98 Å². The molecule has 1 aromatic heterocycles. The maximum absolute atomic E-state index is 13.2. The van der Waals surface area contributed by atoms with E-state index in [1.807, 2.05) is 12.1 Å². The SMILES string of the molecule is O=C(Nc1cc(C(F)(F)F)ccc1O[C@@H]1CCNC1)NC1CCC(OCc2ccncc2)CC1. The van der Waals surface area contributed by atoms with E-state index in [1.165, 1.54) is 6.07 Å². The van der Waals surface area contributed by atoms with Crippen LogP contribution in [0.1, 0.15) is 43.2 Å². The van der Waals surface area contributed by atoms with Crippen LogP contribution >= 0.6 is 0 Å². The highest BCUT2D eigenvalue weighted by Gasteiger charge is 2.32. The van der Waals surface area contributed by atoms with Gasteiger partial charge in [-0.25, -0.2) is 4.79 Å². The van der Waals surface area contributed by atoms with Crippen molar-refractivity contribution in [1.29, 1.82) is 0 Å². The molecule has 184 valence electrons. The van der Waals surface area contributed by atoms with Crippen LogP contribution < -0.4 is 20.7 Å². The van der Waals surface area contributed by atoms with E-state index < -0.39 is 17.8 Å². The maximum Gasteiger partial charge on any atom is 0.416 e. The van der Waals surface area contributed by atoms with Gasteiger partial charge in [-0.2, -0.15) is 13.2 Å². The third-order valence-electron chi connectivity index (χ3n) is 6.11. The van der Waals surface area contributed by atoms with Crippen molar-refractivity contribution in [2.45, 2.75) is 63.1 Å². The lowest BCUT2D eigenvalue weighted by molar-refractivity contribution is -0.137. The quantitative estimate of drug-likeness (QED) is 0.546. The molecule has 34 heavy (non-hydrogen) atoms. The van der Waals surface area contributed by atoms with E-state index in [0.29, 0.717) is 13.2 Å². The van der Waals surface area contributed by atoms with Crippen molar-refractivity contribution in [2.75, 3.05) is 18.4 Å². The third-order valence-corrected chi connectivity index (χ3v) is 6.11. The van der Waals surface area contributed by atoms with Gasteiger partial charge in [-0.1, -0.05) is 0 Å². The molecular formula is C24H29F3N4O3. The van der Waals surface area contributed by atoms with Crippen LogP contribution in [0.15, 0.2) is 42.7 Å². The predicted molar refractivity (Wildman–Crippen MR) is 121 cm³/mol. The third kappa shape index (κ3) is 6.83. The topological polar surface area (TPSA) is 84.5 Å². The molecule has 3 N–H and O–H groups in total. The zero-order chi connectivity index (χ0) is 24.0. The van der Waals surface area contributed by atoms with Gasteiger partial charge < -0.3 is 25.4 Å². The average molecular weight is 479 g/mol. The van der Waals surface area contributed by atoms with Gasteiger partial charge in [-0.05, 0) is 74.5 Å². The van der Waals surface area contributed by atoms with Crippen LogP contribution in [-0.2, 0) is 17.5 Å². The predicted octanol–water partition coefficient (Wildman–Crippen LogP) is 4.49. The summed E-state index contributed by atoms with van der Waals surface area (Å²) in [6.07, 6.45) is 2.69. The lowest BCUT2D eigenvalue weighted by Crippen LogP contribution is -2.41. The highest BCUT2D eigenvalue weighted by molar-refractivity contribution is 5.91. The zero-order valence-corrected chi connectivity index (χ0v) is 18.7. The normalized spacial score (nSPS) is 22.9. The molecule has 0 radical (unpaired) electrons. The monoisotopic (exact) mass is 478 g/mol. The van der Waals surface area contributed by atoms with Gasteiger partial charge in [0.15, 0.2) is 0 Å². The van der Waals surface area contributed by atoms with E-state index in [4.69, 9.17) is 9.47 Å². The number of pyridine rings is 1. The Hall–Kier alpha value is -2.85. The number of hydrogen-bond donors (Lipinski definition) is 3. The number of carbonyl (C=O) groups is 1. The number of amides is 2. The number of alkyl halides is 3. The van der Waals surface area contributed by atoms with Crippen LogP contribution in [0.25, 0.3) is 0 Å². The summed E-state index contributed by atoms with van der Waals surface area (Å²) in [6.45, 7) is 1.91. The molecule has 0 bridgehead atoms. The highest BCUT2D eigenvalue weighted by atomic mass is 19.4. The number of rotatable bonds is 7. The van der Waals surface area contributed by atoms with Crippen molar-refractivity contribution in [3.05, 3.63) is 53.9 Å². The second-order valence-corrected chi connectivity index (χ2v) is 8.68. The lowest BCUT2D eigenvalue weighted by Gasteiger charge is -2.29. The summed E-state index contributed by atoms with van der Waals surface area (Å²) in [6, 6.07) is 6.35. The van der Waals surface area contributed by atoms with Crippen molar-refractivity contribution < 1.29 is 27.4 Å². The molecule has 2 fully saturated rings. The maximum atomic E-state index is 13.2. The minimum atomic E-state index is -4.52. The fourth-order valence-electron chi connectivity index (χ4n) is 4.23. The molecule has 2 heterocycles. The van der Waals surface area contributed by atoms with E-state index in [2.05, 4.69) is 20.9 Å². The largest absolute Gasteiger partial charge is 0.487 e. The first-order valence-corrected chi connectivity index (χ1v) is 11.5. The molecule has 7 nitrogen and oxygen atoms in total. The number of hydrogen-bond acceptors (Lipinski definition) is 5. The molecule has 1 aliphatic carbocycles. The van der Waals surface area contributed by atoms with Crippen LogP contribution in [0.3, 0.4) is 0 Å². The summed E-state index contributed by atoms with van der Waals surface area (Å²) in [4.78, 5) is 16.6. The fourth-order valence-corrected chi connectivity index (χ4v) is 4.23. The fraction of sp³-hybridized carbons (Fsp3) is 0.500. The van der Waals surface area contributed by atoms with Gasteiger partial charge in [0.1, 0.15) is 11.9 Å². The smallest absolute Gasteiger partial charge is 0.416 e. The Labute approximate surface area is 196 Å². The van der Waals surface area contributed by atoms with Crippen molar-refractivity contribution in [2.24, 2.45) is 0 Å². The van der Waals surface area contributed by atoms with Gasteiger partial charge in [-0.15, -0.1) is 0 Å². The van der Waals surface area contributed by atoms with Crippen LogP contribution in [0, 0.1) is 0 Å². The van der Waals surface area contributed by atoms with E-state index in [-0.39, 0.29) is 29.7 Å². The molecule has 1 atom stereocenters. The van der Waals surface area contributed by atoms with Gasteiger partial charge in [0, 0.05) is 25.0 Å². The molecule has 1 aliphatic heterocycles. The van der Waals surface area contributed by atoms with Crippen molar-refractivity contribution in [3.63, 3.8) is 0 Å². The highest BCUT2D eigenvalue weighted by Crippen LogP contribution is 2.36. The standard InChI is InChI=1S/C24H29F3N4O3/c25-24(26,27)17-1-6-22(34-20-9-12-29-14-20)21(13-17)31-23(32)30-18-2-4-19(5-3-18)33-15-16-7-10-28-11-8-16/h1,6-8,10-11,13,18-20,29H,2-5,9,12,14-15H2,(H2,30,31,32)/t18?,19?,20-/m1/s1. The molecule has 4 rings (SSSR count). The summed E-state index contributed by atoms with van der Waals surface area (Å²) in [5, 5.41) is 8.59. The Morgan fingerprint density at radius 2 is 1.82 bits per heavy atom. The Kier molecular flexibility index (Phi) is 7.89. The van der Waals surface area contributed by atoms with Crippen molar-refractivity contribution in [3.8, 4) is 5.75 Å². The molecule has 1 saturated carbocycles. The molecule has 1 saturated heterocycles. The van der Waals surface area contributed by atoms with Crippen LogP contribution in [0.5, 0.6) is 5.75 Å². The Morgan fingerprint density at radius 1 is 1.06 bits per heavy atom. The minimum Gasteiger partial charge on any atom is -0.487 e. The number of urea groups is 1. The molecule has 0 spiro atoms. The van der Waals surface area contributed by atoms with Gasteiger partial charge in [0.2, 0.25) is 0 Å². The molecular weight excluding hydrogens is 449 g/mol. The Bertz CT molecular complexity index is 944. The number of ether oxygens (including phenoxy) is 2. The Morgan fingerprint density at radius 3 is 2.50 bits per heavy atom. The second kappa shape index (κ2) is 11.1. The van der Waals surface area contributed by atoms with Crippen molar-refractivity contribution >= 4 is 11.7 Å². The van der Waals surface area contributed by atoms with E-state index in [1.54, 1.807) is 12.4 Å². The van der Waals surface area contributed by atoms with Crippen molar-refractivity contribution in [1.82, 2.24) is 15.6 Å². The van der Waals surface area contributed by atoms with Gasteiger partial charge >= 0.3 is 12.2 Å². The first kappa shape index (κ1) is 24.3. The molecule has 2 amide bonds. The molecule has 2 aromatic rings. The number of aromatic nitrogens is 1. The Balaban J connectivity index is 1.30. The van der Waals surface area contributed by atoms with Crippen LogP contribution in [-0.4, -0.2) is 42.4 Å². The average Bonchev–Trinajstić information content (AvgIpc) is 3.33. The summed E-state index contributed by atoms with van der Waals surface area (Å²) in [7, 11) is 0. The zero-order valence-electron chi connectivity index (χ0n) is 18.7. The number of anilines is 1. The lowest BCUT2D eigenvalue weighted by atomic mass is 9.93. The van der Waals surface area contributed by atoms with E-state index >= 15 is 0 Å². The molecule has 2 aliphatic rings. The number of carbonyl (C=O) groups excluding carboxylic acids is 1. The summed E-state index contributed by atoms with van der Waals surface area (Å²) in [5.41, 5.74) is 0.224. The number of nitrogens with zero attached hydrogens (tertiary/aromatic N) is 1. The van der Waals surface area contributed by atoms with Crippen LogP contribution in [0.2, 0.25) is 0 Å². The molecule has 0 unspecified atom stereocenters. The number of benzene rings is 1. The number of nitrogens with one attached hydrogen (secondary N) is 3. The van der Waals surface area contributed by atoms with Crippen LogP contribution in [0.4, 0.5) is 23.7 Å². The summed E-state index contributed by atoms with van der Waals surface area (Å²) < 4.78 is 51.5. The second-order valence-electron chi connectivity index (χ2n) is 8.68. The van der Waals surface area contributed by atoms with Gasteiger partial charge in [0.05, 0.1) is 24.0 Å². The molecule has 1 aromatic carbocycles. The van der Waals surface area contributed by atoms with E-state index in [0.717, 1.165) is 56.3 Å². The minimum absolute atomic E-state index is 0.00796. The summed E-state index contributed by atoms with van der Waals surface area (Å²) in [5.74, 6) is 0.227. The molecule has 10 heteroatoms. The first-order valence-electron chi connectivity index (χ1n) is 11.5. The van der Waals surface area contributed by atoms with Gasteiger partial charge in [0.25, 0.3) is 0 Å². The summed E-state index contributed by atoms with van der Waals surface area (Å²) >= 11 is 0. The van der Waals surface area contributed by atoms with E-state index in [9.17, 15) is 18.0 Å². The number of halogens is 3.